The molecular formula is C18H19F3N2O3. The summed E-state index contributed by atoms with van der Waals surface area (Å²) in [6.45, 7) is 1.71. The van der Waals surface area contributed by atoms with Gasteiger partial charge in [0.2, 0.25) is 0 Å². The molecule has 1 heterocycles. The van der Waals surface area contributed by atoms with Crippen molar-refractivity contribution in [1.82, 2.24) is 10.3 Å². The van der Waals surface area contributed by atoms with Gasteiger partial charge in [0, 0.05) is 11.7 Å². The summed E-state index contributed by atoms with van der Waals surface area (Å²) in [5, 5.41) is 2.44. The lowest BCUT2D eigenvalue weighted by Crippen LogP contribution is -2.39. The van der Waals surface area contributed by atoms with Crippen molar-refractivity contribution in [2.24, 2.45) is 0 Å². The van der Waals surface area contributed by atoms with E-state index in [9.17, 15) is 22.8 Å². The van der Waals surface area contributed by atoms with Gasteiger partial charge in [0.1, 0.15) is 12.2 Å². The normalized spacial score (nSPS) is 12.7. The van der Waals surface area contributed by atoms with Gasteiger partial charge in [-0.1, -0.05) is 23.8 Å². The molecule has 8 heteroatoms. The third-order valence-corrected chi connectivity index (χ3v) is 3.49. The van der Waals surface area contributed by atoms with Gasteiger partial charge in [0.25, 0.3) is 11.5 Å². The molecule has 0 saturated carbocycles. The molecule has 0 fully saturated rings. The van der Waals surface area contributed by atoms with Crippen LogP contribution in [0.2, 0.25) is 0 Å². The van der Waals surface area contributed by atoms with Crippen LogP contribution in [0.5, 0.6) is 0 Å². The Labute approximate surface area is 148 Å². The maximum atomic E-state index is 12.2. The average Bonchev–Trinajstić information content (AvgIpc) is 2.53. The molecule has 26 heavy (non-hydrogen) atoms. The van der Waals surface area contributed by atoms with Crippen LogP contribution in [0, 0.1) is 6.92 Å². The minimum absolute atomic E-state index is 0.121. The number of carbonyl (C=O) groups excluding carboxylic acids is 1. The first-order valence-corrected chi connectivity index (χ1v) is 7.91. The molecule has 5 nitrogen and oxygen atoms in total. The molecule has 2 N–H and O–H groups in total. The van der Waals surface area contributed by atoms with Gasteiger partial charge in [-0.15, -0.1) is 0 Å². The number of H-pyrrole nitrogens is 1. The van der Waals surface area contributed by atoms with Gasteiger partial charge in [-0.25, -0.2) is 0 Å². The highest BCUT2D eigenvalue weighted by Crippen LogP contribution is 2.17. The van der Waals surface area contributed by atoms with E-state index in [0.29, 0.717) is 5.69 Å². The molecule has 0 aliphatic heterocycles. The first-order chi connectivity index (χ1) is 12.2. The molecule has 0 spiro atoms. The van der Waals surface area contributed by atoms with E-state index in [2.05, 4.69) is 15.0 Å². The SMILES string of the molecule is Cc1cccc(-c2ccc(C(=O)NC(C)COCC(F)(F)F)c(=O)[nH]2)c1. The number of aromatic nitrogens is 1. The van der Waals surface area contributed by atoms with Gasteiger partial charge in [-0.05, 0) is 37.6 Å². The van der Waals surface area contributed by atoms with Crippen molar-refractivity contribution in [3.8, 4) is 11.3 Å². The fourth-order valence-corrected chi connectivity index (χ4v) is 2.33. The van der Waals surface area contributed by atoms with Gasteiger partial charge < -0.3 is 15.0 Å². The van der Waals surface area contributed by atoms with Crippen LogP contribution in [0.3, 0.4) is 0 Å². The second-order valence-corrected chi connectivity index (χ2v) is 5.99. The number of benzene rings is 1. The fraction of sp³-hybridized carbons (Fsp3) is 0.333. The number of aromatic amines is 1. The zero-order valence-electron chi connectivity index (χ0n) is 14.3. The molecule has 1 amide bonds. The summed E-state index contributed by atoms with van der Waals surface area (Å²) in [5.41, 5.74) is 1.70. The van der Waals surface area contributed by atoms with Crippen LogP contribution in [-0.4, -0.2) is 36.3 Å². The van der Waals surface area contributed by atoms with Gasteiger partial charge in [-0.3, -0.25) is 9.59 Å². The van der Waals surface area contributed by atoms with Crippen LogP contribution in [0.25, 0.3) is 11.3 Å². The molecule has 0 bridgehead atoms. The van der Waals surface area contributed by atoms with Crippen molar-refractivity contribution in [3.05, 3.63) is 57.9 Å². The van der Waals surface area contributed by atoms with E-state index in [1.165, 1.54) is 13.0 Å². The second-order valence-electron chi connectivity index (χ2n) is 5.99. The number of hydrogen-bond donors (Lipinski definition) is 2. The molecule has 1 unspecified atom stereocenters. The number of nitrogens with one attached hydrogen (secondary N) is 2. The monoisotopic (exact) mass is 368 g/mol. The van der Waals surface area contributed by atoms with E-state index in [0.717, 1.165) is 11.1 Å². The molecule has 0 saturated heterocycles. The Morgan fingerprint density at radius 3 is 2.62 bits per heavy atom. The van der Waals surface area contributed by atoms with Crippen molar-refractivity contribution in [3.63, 3.8) is 0 Å². The van der Waals surface area contributed by atoms with Crippen LogP contribution in [0.15, 0.2) is 41.2 Å². The molecular weight excluding hydrogens is 349 g/mol. The molecule has 1 aromatic carbocycles. The number of rotatable bonds is 6. The summed E-state index contributed by atoms with van der Waals surface area (Å²) < 4.78 is 40.6. The van der Waals surface area contributed by atoms with Crippen LogP contribution in [0.4, 0.5) is 13.2 Å². The van der Waals surface area contributed by atoms with E-state index in [1.54, 1.807) is 6.07 Å². The highest BCUT2D eigenvalue weighted by molar-refractivity contribution is 5.94. The van der Waals surface area contributed by atoms with Crippen molar-refractivity contribution < 1.29 is 22.7 Å². The maximum Gasteiger partial charge on any atom is 0.411 e. The topological polar surface area (TPSA) is 71.2 Å². The Hall–Kier alpha value is -2.61. The highest BCUT2D eigenvalue weighted by Gasteiger charge is 2.27. The van der Waals surface area contributed by atoms with E-state index in [-0.39, 0.29) is 12.2 Å². The average molecular weight is 368 g/mol. The van der Waals surface area contributed by atoms with Crippen molar-refractivity contribution in [2.75, 3.05) is 13.2 Å². The first kappa shape index (κ1) is 19.7. The van der Waals surface area contributed by atoms with Crippen LogP contribution in [0.1, 0.15) is 22.8 Å². The Bertz CT molecular complexity index is 831. The number of carbonyl (C=O) groups is 1. The summed E-state index contributed by atoms with van der Waals surface area (Å²) in [6, 6.07) is 9.81. The van der Waals surface area contributed by atoms with Crippen molar-refractivity contribution >= 4 is 5.91 Å². The fourth-order valence-electron chi connectivity index (χ4n) is 2.33. The minimum Gasteiger partial charge on any atom is -0.370 e. The van der Waals surface area contributed by atoms with Gasteiger partial charge >= 0.3 is 6.18 Å². The molecule has 2 rings (SSSR count). The summed E-state index contributed by atoms with van der Waals surface area (Å²) >= 11 is 0. The lowest BCUT2D eigenvalue weighted by molar-refractivity contribution is -0.174. The number of aryl methyl sites for hydroxylation is 1. The molecule has 1 atom stereocenters. The number of hydrogen-bond acceptors (Lipinski definition) is 3. The molecule has 1 aromatic heterocycles. The Morgan fingerprint density at radius 2 is 2.00 bits per heavy atom. The maximum absolute atomic E-state index is 12.2. The van der Waals surface area contributed by atoms with E-state index in [1.807, 2.05) is 31.2 Å². The predicted octanol–water partition coefficient (Wildman–Crippen LogP) is 3.05. The first-order valence-electron chi connectivity index (χ1n) is 7.91. The largest absolute Gasteiger partial charge is 0.411 e. The van der Waals surface area contributed by atoms with Crippen LogP contribution < -0.4 is 10.9 Å². The van der Waals surface area contributed by atoms with Gasteiger partial charge in [0.15, 0.2) is 0 Å². The number of alkyl halides is 3. The van der Waals surface area contributed by atoms with Crippen molar-refractivity contribution in [1.29, 1.82) is 0 Å². The van der Waals surface area contributed by atoms with E-state index >= 15 is 0 Å². The highest BCUT2D eigenvalue weighted by atomic mass is 19.4. The lowest BCUT2D eigenvalue weighted by Gasteiger charge is -2.15. The zero-order valence-corrected chi connectivity index (χ0v) is 14.3. The zero-order chi connectivity index (χ0) is 19.3. The summed E-state index contributed by atoms with van der Waals surface area (Å²) in [6.07, 6.45) is -4.42. The van der Waals surface area contributed by atoms with Crippen molar-refractivity contribution in [2.45, 2.75) is 26.1 Å². The predicted molar refractivity (Wildman–Crippen MR) is 91.0 cm³/mol. The van der Waals surface area contributed by atoms with Gasteiger partial charge in [-0.2, -0.15) is 13.2 Å². The molecule has 2 aromatic rings. The Kier molecular flexibility index (Phi) is 6.20. The molecule has 140 valence electrons. The number of ether oxygens (including phenoxy) is 1. The van der Waals surface area contributed by atoms with Gasteiger partial charge in [0.05, 0.1) is 6.61 Å². The second kappa shape index (κ2) is 8.18. The summed E-state index contributed by atoms with van der Waals surface area (Å²) in [7, 11) is 0. The number of halogens is 3. The Balaban J connectivity index is 2.02. The smallest absolute Gasteiger partial charge is 0.370 e. The number of amides is 1. The number of pyridine rings is 1. The standard InChI is InChI=1S/C18H19F3N2O3/c1-11-4-3-5-13(8-11)15-7-6-14(17(25)23-15)16(24)22-12(2)9-26-10-18(19,20)21/h3-8,12H,9-10H2,1-2H3,(H,22,24)(H,23,25). The summed E-state index contributed by atoms with van der Waals surface area (Å²) in [5.74, 6) is -0.676. The summed E-state index contributed by atoms with van der Waals surface area (Å²) in [4.78, 5) is 26.9. The molecule has 0 radical (unpaired) electrons. The van der Waals surface area contributed by atoms with Crippen LogP contribution >= 0.6 is 0 Å². The third-order valence-electron chi connectivity index (χ3n) is 3.49. The third kappa shape index (κ3) is 5.73. The van der Waals surface area contributed by atoms with Crippen LogP contribution in [-0.2, 0) is 4.74 Å². The lowest BCUT2D eigenvalue weighted by atomic mass is 10.1. The van der Waals surface area contributed by atoms with E-state index < -0.39 is 30.3 Å². The molecule has 0 aliphatic carbocycles. The van der Waals surface area contributed by atoms with E-state index in [4.69, 9.17) is 0 Å². The minimum atomic E-state index is -4.42. The Morgan fingerprint density at radius 1 is 1.27 bits per heavy atom. The molecule has 0 aliphatic rings. The quantitative estimate of drug-likeness (QED) is 0.823.